The average molecular weight is 282 g/mol. The van der Waals surface area contributed by atoms with Crippen molar-refractivity contribution in [2.24, 2.45) is 5.73 Å². The fraction of sp³-hybridized carbons (Fsp3) is 0.200. The fourth-order valence-corrected chi connectivity index (χ4v) is 2.10. The van der Waals surface area contributed by atoms with Crippen LogP contribution >= 0.6 is 11.6 Å². The van der Waals surface area contributed by atoms with Crippen LogP contribution in [0.2, 0.25) is 5.02 Å². The average Bonchev–Trinajstić information content (AvgIpc) is 2.36. The minimum Gasteiger partial charge on any atom is -0.324 e. The quantitative estimate of drug-likeness (QED) is 0.898. The maximum atomic E-state index is 13.4. The van der Waals surface area contributed by atoms with Gasteiger partial charge in [-0.2, -0.15) is 0 Å². The summed E-state index contributed by atoms with van der Waals surface area (Å²) >= 11 is 5.63. The van der Waals surface area contributed by atoms with Gasteiger partial charge in [-0.25, -0.2) is 8.78 Å². The van der Waals surface area contributed by atoms with Crippen molar-refractivity contribution in [2.45, 2.75) is 19.4 Å². The summed E-state index contributed by atoms with van der Waals surface area (Å²) in [6.07, 6.45) is 0.521. The Labute approximate surface area is 116 Å². The molecule has 2 rings (SSSR count). The molecule has 0 radical (unpaired) electrons. The minimum absolute atomic E-state index is 0.0777. The third kappa shape index (κ3) is 3.31. The second-order valence-electron chi connectivity index (χ2n) is 4.55. The van der Waals surface area contributed by atoms with Crippen molar-refractivity contribution < 1.29 is 8.78 Å². The van der Waals surface area contributed by atoms with Crippen LogP contribution < -0.4 is 5.73 Å². The predicted molar refractivity (Wildman–Crippen MR) is 73.2 cm³/mol. The van der Waals surface area contributed by atoms with Crippen LogP contribution in [0.3, 0.4) is 0 Å². The summed E-state index contributed by atoms with van der Waals surface area (Å²) in [5.41, 5.74) is 8.51. The molecule has 0 saturated carbocycles. The van der Waals surface area contributed by atoms with Crippen molar-refractivity contribution >= 4 is 11.6 Å². The maximum Gasteiger partial charge on any atom is 0.142 e. The molecule has 0 aromatic heterocycles. The molecule has 4 heteroatoms. The van der Waals surface area contributed by atoms with E-state index in [-0.39, 0.29) is 16.9 Å². The lowest BCUT2D eigenvalue weighted by atomic mass is 9.96. The lowest BCUT2D eigenvalue weighted by molar-refractivity contribution is 0.617. The van der Waals surface area contributed by atoms with E-state index in [1.54, 1.807) is 12.1 Å². The minimum atomic E-state index is -0.481. The second kappa shape index (κ2) is 5.68. The first kappa shape index (κ1) is 14.0. The number of aryl methyl sites for hydroxylation is 1. The molecule has 0 aliphatic carbocycles. The zero-order valence-electron chi connectivity index (χ0n) is 10.5. The summed E-state index contributed by atoms with van der Waals surface area (Å²) in [4.78, 5) is 0. The Hall–Kier alpha value is -1.45. The van der Waals surface area contributed by atoms with Crippen molar-refractivity contribution in [3.63, 3.8) is 0 Å². The number of hydrogen-bond acceptors (Lipinski definition) is 1. The van der Waals surface area contributed by atoms with E-state index in [0.29, 0.717) is 12.0 Å². The lowest BCUT2D eigenvalue weighted by Crippen LogP contribution is -2.14. The van der Waals surface area contributed by atoms with E-state index < -0.39 is 5.82 Å². The standard InChI is InChI=1S/C15H14ClF2N/c1-9-6-12(17)4-2-10(9)8-15(19)11-3-5-13(16)14(18)7-11/h2-7,15H,8,19H2,1H3. The summed E-state index contributed by atoms with van der Waals surface area (Å²) in [6, 6.07) is 8.75. The van der Waals surface area contributed by atoms with Gasteiger partial charge in [-0.15, -0.1) is 0 Å². The van der Waals surface area contributed by atoms with Crippen molar-refractivity contribution in [2.75, 3.05) is 0 Å². The first-order chi connectivity index (χ1) is 8.97. The highest BCUT2D eigenvalue weighted by molar-refractivity contribution is 6.30. The Bertz CT molecular complexity index is 599. The summed E-state index contributed by atoms with van der Waals surface area (Å²) in [6.45, 7) is 1.83. The number of hydrogen-bond donors (Lipinski definition) is 1. The Morgan fingerprint density at radius 2 is 1.89 bits per heavy atom. The molecule has 0 fully saturated rings. The molecule has 0 amide bonds. The molecule has 0 spiro atoms. The van der Waals surface area contributed by atoms with E-state index in [0.717, 1.165) is 11.1 Å². The van der Waals surface area contributed by atoms with Crippen molar-refractivity contribution in [3.8, 4) is 0 Å². The fourth-order valence-electron chi connectivity index (χ4n) is 1.99. The number of benzene rings is 2. The molecule has 0 aliphatic heterocycles. The molecule has 1 nitrogen and oxygen atoms in total. The normalized spacial score (nSPS) is 12.5. The summed E-state index contributed by atoms with van der Waals surface area (Å²) < 4.78 is 26.4. The SMILES string of the molecule is Cc1cc(F)ccc1CC(N)c1ccc(Cl)c(F)c1. The summed E-state index contributed by atoms with van der Waals surface area (Å²) in [5.74, 6) is -0.752. The van der Waals surface area contributed by atoms with Gasteiger partial charge >= 0.3 is 0 Å². The molecular weight excluding hydrogens is 268 g/mol. The van der Waals surface area contributed by atoms with Gasteiger partial charge in [0.1, 0.15) is 11.6 Å². The van der Waals surface area contributed by atoms with E-state index in [4.69, 9.17) is 17.3 Å². The van der Waals surface area contributed by atoms with Gasteiger partial charge in [0, 0.05) is 6.04 Å². The van der Waals surface area contributed by atoms with E-state index in [2.05, 4.69) is 0 Å². The Kier molecular flexibility index (Phi) is 4.17. The van der Waals surface area contributed by atoms with Gasteiger partial charge < -0.3 is 5.73 Å². The Morgan fingerprint density at radius 1 is 1.16 bits per heavy atom. The molecule has 0 heterocycles. The van der Waals surface area contributed by atoms with E-state index in [9.17, 15) is 8.78 Å². The van der Waals surface area contributed by atoms with Crippen molar-refractivity contribution in [1.29, 1.82) is 0 Å². The first-order valence-electron chi connectivity index (χ1n) is 5.93. The summed E-state index contributed by atoms with van der Waals surface area (Å²) in [7, 11) is 0. The predicted octanol–water partition coefficient (Wildman–Crippen LogP) is 4.17. The number of nitrogens with two attached hydrogens (primary N) is 1. The van der Waals surface area contributed by atoms with Gasteiger partial charge in [-0.05, 0) is 54.3 Å². The van der Waals surface area contributed by atoms with Gasteiger partial charge in [0.15, 0.2) is 0 Å². The van der Waals surface area contributed by atoms with Gasteiger partial charge in [-0.3, -0.25) is 0 Å². The highest BCUT2D eigenvalue weighted by Crippen LogP contribution is 2.23. The Balaban J connectivity index is 2.20. The van der Waals surface area contributed by atoms with Crippen LogP contribution in [-0.2, 0) is 6.42 Å². The van der Waals surface area contributed by atoms with Crippen LogP contribution in [0.4, 0.5) is 8.78 Å². The monoisotopic (exact) mass is 281 g/mol. The van der Waals surface area contributed by atoms with Crippen LogP contribution in [0.25, 0.3) is 0 Å². The highest BCUT2D eigenvalue weighted by atomic mass is 35.5. The zero-order valence-corrected chi connectivity index (χ0v) is 11.2. The van der Waals surface area contributed by atoms with Crippen LogP contribution in [-0.4, -0.2) is 0 Å². The third-order valence-electron chi connectivity index (χ3n) is 3.12. The van der Waals surface area contributed by atoms with E-state index in [1.807, 2.05) is 6.92 Å². The first-order valence-corrected chi connectivity index (χ1v) is 6.30. The van der Waals surface area contributed by atoms with Gasteiger partial charge in [-0.1, -0.05) is 23.7 Å². The Morgan fingerprint density at radius 3 is 2.53 bits per heavy atom. The van der Waals surface area contributed by atoms with Crippen LogP contribution in [0.5, 0.6) is 0 Å². The lowest BCUT2D eigenvalue weighted by Gasteiger charge is -2.14. The van der Waals surface area contributed by atoms with E-state index in [1.165, 1.54) is 24.3 Å². The molecule has 0 bridgehead atoms. The molecule has 19 heavy (non-hydrogen) atoms. The highest BCUT2D eigenvalue weighted by Gasteiger charge is 2.11. The smallest absolute Gasteiger partial charge is 0.142 e. The van der Waals surface area contributed by atoms with Gasteiger partial charge in [0.25, 0.3) is 0 Å². The molecule has 2 aromatic carbocycles. The maximum absolute atomic E-state index is 13.4. The van der Waals surface area contributed by atoms with Crippen LogP contribution in [0, 0.1) is 18.6 Å². The van der Waals surface area contributed by atoms with Crippen molar-refractivity contribution in [1.82, 2.24) is 0 Å². The van der Waals surface area contributed by atoms with Gasteiger partial charge in [0.2, 0.25) is 0 Å². The molecule has 2 aromatic rings. The summed E-state index contributed by atoms with van der Waals surface area (Å²) in [5, 5.41) is 0.0777. The largest absolute Gasteiger partial charge is 0.324 e. The number of halogens is 3. The molecule has 100 valence electrons. The van der Waals surface area contributed by atoms with Crippen LogP contribution in [0.1, 0.15) is 22.7 Å². The molecule has 0 aliphatic rings. The van der Waals surface area contributed by atoms with E-state index >= 15 is 0 Å². The topological polar surface area (TPSA) is 26.0 Å². The third-order valence-corrected chi connectivity index (χ3v) is 3.42. The number of rotatable bonds is 3. The zero-order chi connectivity index (χ0) is 14.0. The molecular formula is C15H14ClF2N. The molecule has 0 saturated heterocycles. The van der Waals surface area contributed by atoms with Gasteiger partial charge in [0.05, 0.1) is 5.02 Å². The molecule has 1 unspecified atom stereocenters. The molecule has 2 N–H and O–H groups in total. The van der Waals surface area contributed by atoms with Crippen LogP contribution in [0.15, 0.2) is 36.4 Å². The van der Waals surface area contributed by atoms with Crippen molar-refractivity contribution in [3.05, 3.63) is 69.7 Å². The molecule has 1 atom stereocenters. The second-order valence-corrected chi connectivity index (χ2v) is 4.96.